The molecule has 2 aromatic rings. The molecule has 0 amide bonds. The van der Waals surface area contributed by atoms with Gasteiger partial charge in [0.15, 0.2) is 11.6 Å². The predicted octanol–water partition coefficient (Wildman–Crippen LogP) is 3.17. The van der Waals surface area contributed by atoms with Crippen molar-refractivity contribution < 1.29 is 13.9 Å². The summed E-state index contributed by atoms with van der Waals surface area (Å²) in [5.74, 6) is 0.592. The number of nitrogens with two attached hydrogens (primary N) is 1. The van der Waals surface area contributed by atoms with Crippen LogP contribution in [0.3, 0.4) is 0 Å². The first kappa shape index (κ1) is 13.2. The van der Waals surface area contributed by atoms with E-state index < -0.39 is 0 Å². The number of rotatable bonds is 5. The Balaban J connectivity index is 1.81. The summed E-state index contributed by atoms with van der Waals surface area (Å²) in [5, 5.41) is 0. The highest BCUT2D eigenvalue weighted by Gasteiger charge is 2.01. The van der Waals surface area contributed by atoms with Crippen molar-refractivity contribution in [3.8, 4) is 11.5 Å². The van der Waals surface area contributed by atoms with Crippen LogP contribution < -0.4 is 15.2 Å². The maximum Gasteiger partial charge on any atom is 0.165 e. The summed E-state index contributed by atoms with van der Waals surface area (Å²) in [4.78, 5) is 0. The number of nitrogen functional groups attached to an aromatic ring is 1. The molecule has 0 saturated heterocycles. The summed E-state index contributed by atoms with van der Waals surface area (Å²) in [5.41, 5.74) is 7.41. The minimum absolute atomic E-state index is 0.236. The first-order valence-electron chi connectivity index (χ1n) is 6.03. The lowest BCUT2D eigenvalue weighted by Crippen LogP contribution is -2.09. The van der Waals surface area contributed by atoms with Gasteiger partial charge in [0.1, 0.15) is 19.0 Å². The van der Waals surface area contributed by atoms with Gasteiger partial charge in [-0.15, -0.1) is 0 Å². The maximum absolute atomic E-state index is 13.3. The van der Waals surface area contributed by atoms with Gasteiger partial charge in [0, 0.05) is 5.69 Å². The van der Waals surface area contributed by atoms with Gasteiger partial charge in [0.2, 0.25) is 0 Å². The molecule has 4 heteroatoms. The van der Waals surface area contributed by atoms with Gasteiger partial charge in [-0.25, -0.2) is 4.39 Å². The van der Waals surface area contributed by atoms with Gasteiger partial charge < -0.3 is 15.2 Å². The van der Waals surface area contributed by atoms with E-state index in [0.717, 1.165) is 17.0 Å². The molecule has 0 bridgehead atoms. The van der Waals surface area contributed by atoms with Crippen LogP contribution >= 0.6 is 0 Å². The van der Waals surface area contributed by atoms with Gasteiger partial charge in [-0.1, -0.05) is 12.1 Å². The van der Waals surface area contributed by atoms with E-state index in [0.29, 0.717) is 6.61 Å². The molecule has 100 valence electrons. The highest BCUT2D eigenvalue weighted by molar-refractivity contribution is 5.49. The van der Waals surface area contributed by atoms with Gasteiger partial charge >= 0.3 is 0 Å². The molecule has 0 aliphatic carbocycles. The molecular weight excluding hydrogens is 245 g/mol. The quantitative estimate of drug-likeness (QED) is 0.664. The normalized spacial score (nSPS) is 10.2. The van der Waals surface area contributed by atoms with Crippen LogP contribution in [0.15, 0.2) is 42.5 Å². The molecule has 0 aliphatic rings. The molecular formula is C15H16FNO2. The van der Waals surface area contributed by atoms with E-state index in [-0.39, 0.29) is 18.2 Å². The average Bonchev–Trinajstić information content (AvgIpc) is 2.40. The Labute approximate surface area is 111 Å². The molecule has 0 heterocycles. The lowest BCUT2D eigenvalue weighted by molar-refractivity contribution is 0.211. The molecule has 0 aromatic heterocycles. The fraction of sp³-hybridized carbons (Fsp3) is 0.200. The van der Waals surface area contributed by atoms with E-state index in [4.69, 9.17) is 15.2 Å². The number of aryl methyl sites for hydroxylation is 1. The zero-order chi connectivity index (χ0) is 13.7. The lowest BCUT2D eigenvalue weighted by Gasteiger charge is -2.10. The molecule has 19 heavy (non-hydrogen) atoms. The van der Waals surface area contributed by atoms with Crippen molar-refractivity contribution in [1.29, 1.82) is 0 Å². The summed E-state index contributed by atoms with van der Waals surface area (Å²) in [7, 11) is 0. The Morgan fingerprint density at radius 1 is 1.05 bits per heavy atom. The number of halogens is 1. The van der Waals surface area contributed by atoms with Crippen LogP contribution in [0.4, 0.5) is 10.1 Å². The lowest BCUT2D eigenvalue weighted by atomic mass is 10.2. The Morgan fingerprint density at radius 2 is 1.79 bits per heavy atom. The van der Waals surface area contributed by atoms with Crippen LogP contribution in [0, 0.1) is 12.7 Å². The smallest absolute Gasteiger partial charge is 0.165 e. The van der Waals surface area contributed by atoms with E-state index in [2.05, 4.69) is 0 Å². The minimum Gasteiger partial charge on any atom is -0.490 e. The van der Waals surface area contributed by atoms with Crippen LogP contribution in [0.1, 0.15) is 5.56 Å². The van der Waals surface area contributed by atoms with Crippen LogP contribution in [0.5, 0.6) is 11.5 Å². The molecule has 2 rings (SSSR count). The Bertz CT molecular complexity index is 558. The molecule has 2 N–H and O–H groups in total. The highest BCUT2D eigenvalue weighted by Crippen LogP contribution is 2.19. The fourth-order valence-corrected chi connectivity index (χ4v) is 1.61. The number of hydrogen-bond donors (Lipinski definition) is 1. The number of ether oxygens (including phenoxy) is 2. The minimum atomic E-state index is -0.370. The van der Waals surface area contributed by atoms with E-state index in [9.17, 15) is 4.39 Å². The van der Waals surface area contributed by atoms with Crippen molar-refractivity contribution >= 4 is 5.69 Å². The second kappa shape index (κ2) is 6.09. The van der Waals surface area contributed by atoms with E-state index in [1.807, 2.05) is 13.0 Å². The highest BCUT2D eigenvalue weighted by atomic mass is 19.1. The van der Waals surface area contributed by atoms with E-state index in [1.54, 1.807) is 30.3 Å². The molecule has 0 spiro atoms. The maximum atomic E-state index is 13.3. The summed E-state index contributed by atoms with van der Waals surface area (Å²) >= 11 is 0. The monoisotopic (exact) mass is 261 g/mol. The van der Waals surface area contributed by atoms with Crippen molar-refractivity contribution in [2.75, 3.05) is 18.9 Å². The van der Waals surface area contributed by atoms with Crippen LogP contribution in [0.2, 0.25) is 0 Å². The standard InChI is InChI=1S/C15H16FNO2/c1-11-10-12(6-7-14(11)17)18-8-9-19-15-5-3-2-4-13(15)16/h2-7,10H,8-9,17H2,1H3. The largest absolute Gasteiger partial charge is 0.490 e. The zero-order valence-corrected chi connectivity index (χ0v) is 10.7. The Morgan fingerprint density at radius 3 is 2.53 bits per heavy atom. The van der Waals surface area contributed by atoms with E-state index in [1.165, 1.54) is 6.07 Å². The third-order valence-electron chi connectivity index (χ3n) is 2.69. The molecule has 0 saturated carbocycles. The predicted molar refractivity (Wildman–Crippen MR) is 73.0 cm³/mol. The number of anilines is 1. The van der Waals surface area contributed by atoms with Crippen molar-refractivity contribution in [3.63, 3.8) is 0 Å². The van der Waals surface area contributed by atoms with Gasteiger partial charge in [-0.2, -0.15) is 0 Å². The van der Waals surface area contributed by atoms with Gasteiger partial charge in [0.25, 0.3) is 0 Å². The Kier molecular flexibility index (Phi) is 4.23. The summed E-state index contributed by atoms with van der Waals surface area (Å²) in [6.07, 6.45) is 0. The molecule has 0 unspecified atom stereocenters. The van der Waals surface area contributed by atoms with Gasteiger partial charge in [-0.3, -0.25) is 0 Å². The van der Waals surface area contributed by atoms with Crippen molar-refractivity contribution in [3.05, 3.63) is 53.8 Å². The number of hydrogen-bond acceptors (Lipinski definition) is 3. The molecule has 0 aliphatic heterocycles. The molecule has 0 radical (unpaired) electrons. The SMILES string of the molecule is Cc1cc(OCCOc2ccccc2F)ccc1N. The third-order valence-corrected chi connectivity index (χ3v) is 2.69. The molecule has 2 aromatic carbocycles. The Hall–Kier alpha value is -2.23. The zero-order valence-electron chi connectivity index (χ0n) is 10.7. The number of para-hydroxylation sites is 1. The second-order valence-corrected chi connectivity index (χ2v) is 4.15. The number of benzene rings is 2. The summed E-state index contributed by atoms with van der Waals surface area (Å²) < 4.78 is 24.0. The topological polar surface area (TPSA) is 44.5 Å². The summed E-state index contributed by atoms with van der Waals surface area (Å²) in [6, 6.07) is 11.7. The first-order chi connectivity index (χ1) is 9.16. The average molecular weight is 261 g/mol. The van der Waals surface area contributed by atoms with Gasteiger partial charge in [0.05, 0.1) is 0 Å². The molecule has 0 atom stereocenters. The molecule has 3 nitrogen and oxygen atoms in total. The van der Waals surface area contributed by atoms with E-state index >= 15 is 0 Å². The fourth-order valence-electron chi connectivity index (χ4n) is 1.61. The van der Waals surface area contributed by atoms with Crippen molar-refractivity contribution in [2.24, 2.45) is 0 Å². The molecule has 0 fully saturated rings. The third kappa shape index (κ3) is 3.61. The van der Waals surface area contributed by atoms with Crippen LogP contribution in [0.25, 0.3) is 0 Å². The van der Waals surface area contributed by atoms with Gasteiger partial charge in [-0.05, 0) is 42.8 Å². The van der Waals surface area contributed by atoms with Crippen LogP contribution in [-0.2, 0) is 0 Å². The van der Waals surface area contributed by atoms with Crippen LogP contribution in [-0.4, -0.2) is 13.2 Å². The summed E-state index contributed by atoms with van der Waals surface area (Å²) in [6.45, 7) is 2.54. The second-order valence-electron chi connectivity index (χ2n) is 4.15. The first-order valence-corrected chi connectivity index (χ1v) is 6.03. The van der Waals surface area contributed by atoms with Crippen molar-refractivity contribution in [2.45, 2.75) is 6.92 Å². The van der Waals surface area contributed by atoms with Crippen molar-refractivity contribution in [1.82, 2.24) is 0 Å².